The summed E-state index contributed by atoms with van der Waals surface area (Å²) in [5, 5.41) is 9.22. The molecule has 1 aliphatic carbocycles. The summed E-state index contributed by atoms with van der Waals surface area (Å²) in [6, 6.07) is 4.59. The van der Waals surface area contributed by atoms with Gasteiger partial charge in [-0.25, -0.2) is 0 Å². The van der Waals surface area contributed by atoms with Crippen LogP contribution in [-0.4, -0.2) is 67.8 Å². The second-order valence-electron chi connectivity index (χ2n) is 7.87. The van der Waals surface area contributed by atoms with Gasteiger partial charge >= 0.3 is 0 Å². The zero-order valence-corrected chi connectivity index (χ0v) is 16.3. The smallest absolute Gasteiger partial charge is 0.257 e. The van der Waals surface area contributed by atoms with Gasteiger partial charge in [-0.1, -0.05) is 0 Å². The van der Waals surface area contributed by atoms with Crippen molar-refractivity contribution in [1.82, 2.24) is 9.80 Å². The number of benzene rings is 1. The number of likely N-dealkylation sites (tertiary alicyclic amines) is 1. The van der Waals surface area contributed by atoms with Crippen LogP contribution < -0.4 is 4.74 Å². The predicted molar refractivity (Wildman–Crippen MR) is 103 cm³/mol. The molecule has 5 heteroatoms. The van der Waals surface area contributed by atoms with Crippen LogP contribution in [0, 0.1) is 5.92 Å². The molecule has 5 nitrogen and oxygen atoms in total. The molecule has 26 heavy (non-hydrogen) atoms. The lowest BCUT2D eigenvalue weighted by Crippen LogP contribution is -2.50. The van der Waals surface area contributed by atoms with Crippen molar-refractivity contribution in [2.75, 3.05) is 40.9 Å². The van der Waals surface area contributed by atoms with Crippen molar-refractivity contribution in [3.8, 4) is 5.75 Å². The number of fused-ring (bicyclic) bond motifs is 1. The number of amides is 1. The van der Waals surface area contributed by atoms with Crippen molar-refractivity contribution in [2.24, 2.45) is 5.92 Å². The third-order valence-electron chi connectivity index (χ3n) is 6.02. The van der Waals surface area contributed by atoms with Crippen molar-refractivity contribution >= 4 is 5.91 Å². The molecule has 2 atom stereocenters. The maximum absolute atomic E-state index is 13.3. The van der Waals surface area contributed by atoms with Gasteiger partial charge in [0.1, 0.15) is 5.75 Å². The highest BCUT2D eigenvalue weighted by atomic mass is 16.5. The van der Waals surface area contributed by atoms with E-state index in [-0.39, 0.29) is 12.5 Å². The first-order chi connectivity index (χ1) is 12.5. The minimum atomic E-state index is 0.0859. The molecule has 2 aliphatic rings. The highest BCUT2D eigenvalue weighted by Crippen LogP contribution is 2.32. The molecule has 1 saturated heterocycles. The van der Waals surface area contributed by atoms with Gasteiger partial charge in [0.15, 0.2) is 0 Å². The highest BCUT2D eigenvalue weighted by Gasteiger charge is 2.33. The molecule has 1 aromatic rings. The fraction of sp³-hybridized carbons (Fsp3) is 0.667. The summed E-state index contributed by atoms with van der Waals surface area (Å²) in [6.45, 7) is 1.74. The normalized spacial score (nSPS) is 22.6. The van der Waals surface area contributed by atoms with Crippen molar-refractivity contribution < 1.29 is 14.6 Å². The van der Waals surface area contributed by atoms with Crippen LogP contribution in [0.25, 0.3) is 0 Å². The zero-order valence-electron chi connectivity index (χ0n) is 16.3. The standard InChI is InChI=1S/C21H32N2O3/c1-22(2)19-9-10-23(14-17(19)8-5-11-24)21(25)18-12-15-6-4-7-16(15)13-20(18)26-3/h12-13,17,19,24H,4-11,14H2,1-3H3/t17-,19+/m0/s1. The Bertz CT molecular complexity index is 644. The summed E-state index contributed by atoms with van der Waals surface area (Å²) in [4.78, 5) is 17.5. The second kappa shape index (κ2) is 8.40. The maximum atomic E-state index is 13.3. The molecular weight excluding hydrogens is 328 g/mol. The Morgan fingerprint density at radius 1 is 1.31 bits per heavy atom. The van der Waals surface area contributed by atoms with Crippen LogP contribution in [0.2, 0.25) is 0 Å². The quantitative estimate of drug-likeness (QED) is 0.846. The Labute approximate surface area is 156 Å². The van der Waals surface area contributed by atoms with Gasteiger partial charge in [0.2, 0.25) is 0 Å². The molecule has 0 spiro atoms. The molecule has 1 fully saturated rings. The van der Waals surface area contributed by atoms with E-state index in [0.717, 1.165) is 51.6 Å². The van der Waals surface area contributed by atoms with Crippen LogP contribution in [-0.2, 0) is 12.8 Å². The van der Waals surface area contributed by atoms with Gasteiger partial charge in [-0.3, -0.25) is 4.79 Å². The monoisotopic (exact) mass is 360 g/mol. The Hall–Kier alpha value is -1.59. The first kappa shape index (κ1) is 19.2. The molecule has 1 heterocycles. The fourth-order valence-corrected chi connectivity index (χ4v) is 4.63. The number of methoxy groups -OCH3 is 1. The Morgan fingerprint density at radius 2 is 2.04 bits per heavy atom. The summed E-state index contributed by atoms with van der Waals surface area (Å²) in [5.74, 6) is 1.19. The number of nitrogens with zero attached hydrogens (tertiary/aromatic N) is 2. The van der Waals surface area contributed by atoms with Gasteiger partial charge in [-0.05, 0) is 81.8 Å². The van der Waals surface area contributed by atoms with E-state index in [2.05, 4.69) is 31.1 Å². The van der Waals surface area contributed by atoms with Crippen molar-refractivity contribution in [2.45, 2.75) is 44.6 Å². The maximum Gasteiger partial charge on any atom is 0.257 e. The van der Waals surface area contributed by atoms with Crippen LogP contribution in [0.1, 0.15) is 47.2 Å². The van der Waals surface area contributed by atoms with E-state index < -0.39 is 0 Å². The lowest BCUT2D eigenvalue weighted by molar-refractivity contribution is 0.0493. The second-order valence-corrected chi connectivity index (χ2v) is 7.87. The molecule has 144 valence electrons. The van der Waals surface area contributed by atoms with Gasteiger partial charge < -0.3 is 19.6 Å². The molecular formula is C21H32N2O3. The lowest BCUT2D eigenvalue weighted by Gasteiger charge is -2.42. The van der Waals surface area contributed by atoms with Gasteiger partial charge in [-0.2, -0.15) is 0 Å². The van der Waals surface area contributed by atoms with Crippen LogP contribution in [0.5, 0.6) is 5.75 Å². The third kappa shape index (κ3) is 3.89. The first-order valence-corrected chi connectivity index (χ1v) is 9.81. The van der Waals surface area contributed by atoms with Crippen molar-refractivity contribution in [1.29, 1.82) is 0 Å². The van der Waals surface area contributed by atoms with E-state index in [1.54, 1.807) is 7.11 Å². The summed E-state index contributed by atoms with van der Waals surface area (Å²) in [6.07, 6.45) is 6.01. The number of ether oxygens (including phenoxy) is 1. The molecule has 1 amide bonds. The molecule has 3 rings (SSSR count). The zero-order chi connectivity index (χ0) is 18.7. The molecule has 0 saturated carbocycles. The minimum absolute atomic E-state index is 0.0859. The van der Waals surface area contributed by atoms with Crippen LogP contribution in [0.15, 0.2) is 12.1 Å². The number of aryl methyl sites for hydroxylation is 2. The topological polar surface area (TPSA) is 53.0 Å². The van der Waals surface area contributed by atoms with E-state index in [1.165, 1.54) is 11.1 Å². The Morgan fingerprint density at radius 3 is 2.69 bits per heavy atom. The lowest BCUT2D eigenvalue weighted by atomic mass is 9.87. The minimum Gasteiger partial charge on any atom is -0.496 e. The summed E-state index contributed by atoms with van der Waals surface area (Å²) >= 11 is 0. The van der Waals surface area contributed by atoms with Gasteiger partial charge in [-0.15, -0.1) is 0 Å². The number of carbonyl (C=O) groups excluding carboxylic acids is 1. The largest absolute Gasteiger partial charge is 0.496 e. The molecule has 0 bridgehead atoms. The third-order valence-corrected chi connectivity index (χ3v) is 6.02. The molecule has 0 radical (unpaired) electrons. The van der Waals surface area contributed by atoms with Crippen molar-refractivity contribution in [3.63, 3.8) is 0 Å². The summed E-state index contributed by atoms with van der Waals surface area (Å²) in [7, 11) is 5.87. The van der Waals surface area contributed by atoms with Gasteiger partial charge in [0.25, 0.3) is 5.91 Å². The number of hydrogen-bond donors (Lipinski definition) is 1. The van der Waals surface area contributed by atoms with Crippen LogP contribution >= 0.6 is 0 Å². The molecule has 1 aliphatic heterocycles. The SMILES string of the molecule is COc1cc2c(cc1C(=O)N1CC[C@@H](N(C)C)[C@@H](CCCO)C1)CCC2. The Balaban J connectivity index is 1.79. The van der Waals surface area contributed by atoms with E-state index >= 15 is 0 Å². The predicted octanol–water partition coefficient (Wildman–Crippen LogP) is 2.35. The average molecular weight is 360 g/mol. The van der Waals surface area contributed by atoms with Gasteiger partial charge in [0, 0.05) is 25.7 Å². The number of aliphatic hydroxyl groups excluding tert-OH is 1. The summed E-state index contributed by atoms with van der Waals surface area (Å²) < 4.78 is 5.54. The van der Waals surface area contributed by atoms with E-state index in [1.807, 2.05) is 4.90 Å². The first-order valence-electron chi connectivity index (χ1n) is 9.81. The number of piperidine rings is 1. The van der Waals surface area contributed by atoms with Crippen molar-refractivity contribution in [3.05, 3.63) is 28.8 Å². The molecule has 0 aromatic heterocycles. The van der Waals surface area contributed by atoms with Gasteiger partial charge in [0.05, 0.1) is 12.7 Å². The molecule has 1 N–H and O–H groups in total. The molecule has 0 unspecified atom stereocenters. The summed E-state index contributed by atoms with van der Waals surface area (Å²) in [5.41, 5.74) is 3.33. The van der Waals surface area contributed by atoms with E-state index in [9.17, 15) is 9.90 Å². The average Bonchev–Trinajstić information content (AvgIpc) is 3.11. The number of aliphatic hydroxyl groups is 1. The highest BCUT2D eigenvalue weighted by molar-refractivity contribution is 5.97. The van der Waals surface area contributed by atoms with Crippen LogP contribution in [0.4, 0.5) is 0 Å². The number of rotatable bonds is 6. The fourth-order valence-electron chi connectivity index (χ4n) is 4.63. The van der Waals surface area contributed by atoms with E-state index in [4.69, 9.17) is 4.74 Å². The number of hydrogen-bond acceptors (Lipinski definition) is 4. The molecule has 1 aromatic carbocycles. The number of carbonyl (C=O) groups is 1. The van der Waals surface area contributed by atoms with E-state index in [0.29, 0.717) is 23.3 Å². The van der Waals surface area contributed by atoms with Crippen LogP contribution in [0.3, 0.4) is 0 Å². The Kier molecular flexibility index (Phi) is 6.20.